The number of carbonyl (C=O) groups is 2. The van der Waals surface area contributed by atoms with Crippen molar-refractivity contribution in [1.82, 2.24) is 9.88 Å². The highest BCUT2D eigenvalue weighted by atomic mass is 35.5. The van der Waals surface area contributed by atoms with E-state index in [1.807, 2.05) is 0 Å². The molecule has 2 rings (SSSR count). The molecular weight excluding hydrogens is 296 g/mol. The zero-order valence-electron chi connectivity index (χ0n) is 11.6. The molecule has 0 aliphatic carbocycles. The molecule has 1 atom stereocenters. The maximum Gasteiger partial charge on any atom is 0.355 e. The fourth-order valence-corrected chi connectivity index (χ4v) is 2.07. The highest BCUT2D eigenvalue weighted by Gasteiger charge is 2.16. The van der Waals surface area contributed by atoms with Gasteiger partial charge in [0, 0.05) is 13.2 Å². The first-order valence-corrected chi connectivity index (χ1v) is 6.67. The Morgan fingerprint density at radius 3 is 2.86 bits per heavy atom. The van der Waals surface area contributed by atoms with Crippen LogP contribution in [0.3, 0.4) is 0 Å². The van der Waals surface area contributed by atoms with Crippen LogP contribution in [-0.2, 0) is 16.6 Å². The van der Waals surface area contributed by atoms with Crippen LogP contribution in [0.2, 0.25) is 5.02 Å². The lowest BCUT2D eigenvalue weighted by atomic mass is 10.2. The fraction of sp³-hybridized carbons (Fsp3) is 0.286. The van der Waals surface area contributed by atoms with Crippen LogP contribution in [0.15, 0.2) is 35.1 Å². The van der Waals surface area contributed by atoms with Crippen molar-refractivity contribution in [2.75, 3.05) is 6.61 Å². The Labute approximate surface area is 126 Å². The third kappa shape index (κ3) is 3.88. The molecule has 21 heavy (non-hydrogen) atoms. The Morgan fingerprint density at radius 1 is 1.52 bits per heavy atom. The largest absolute Gasteiger partial charge is 0.467 e. The molecule has 0 aliphatic heterocycles. The van der Waals surface area contributed by atoms with Crippen molar-refractivity contribution in [3.8, 4) is 0 Å². The Hall–Kier alpha value is -2.21. The third-order valence-electron chi connectivity index (χ3n) is 2.86. The molecule has 112 valence electrons. The number of rotatable bonds is 5. The number of furan rings is 1. The van der Waals surface area contributed by atoms with Crippen LogP contribution in [0.1, 0.15) is 29.2 Å². The molecule has 2 aromatic heterocycles. The minimum Gasteiger partial charge on any atom is -0.467 e. The number of halogens is 1. The topological polar surface area (TPSA) is 73.5 Å². The Kier molecular flexibility index (Phi) is 4.70. The summed E-state index contributed by atoms with van der Waals surface area (Å²) in [5.74, 6) is -0.387. The number of esters is 1. The van der Waals surface area contributed by atoms with Gasteiger partial charge < -0.3 is 19.0 Å². The van der Waals surface area contributed by atoms with Crippen molar-refractivity contribution in [1.29, 1.82) is 0 Å². The molecule has 0 aliphatic rings. The standard InChI is InChI=1S/C14H15ClN2O4/c1-9(12-4-3-5-20-12)16-13(18)8-21-14(19)11-6-10(15)7-17(11)2/h3-7,9H,8H2,1-2H3,(H,16,18)/t9-/m1/s1. The molecule has 0 fully saturated rings. The summed E-state index contributed by atoms with van der Waals surface area (Å²) in [6.07, 6.45) is 3.11. The molecule has 0 spiro atoms. The van der Waals surface area contributed by atoms with E-state index >= 15 is 0 Å². The van der Waals surface area contributed by atoms with Crippen LogP contribution >= 0.6 is 11.6 Å². The molecule has 0 saturated heterocycles. The third-order valence-corrected chi connectivity index (χ3v) is 3.07. The number of nitrogens with one attached hydrogen (secondary N) is 1. The quantitative estimate of drug-likeness (QED) is 0.860. The monoisotopic (exact) mass is 310 g/mol. The van der Waals surface area contributed by atoms with E-state index in [0.29, 0.717) is 10.8 Å². The Balaban J connectivity index is 1.84. The lowest BCUT2D eigenvalue weighted by Crippen LogP contribution is -2.31. The van der Waals surface area contributed by atoms with E-state index in [4.69, 9.17) is 20.8 Å². The summed E-state index contributed by atoms with van der Waals surface area (Å²) >= 11 is 5.78. The van der Waals surface area contributed by atoms with Gasteiger partial charge >= 0.3 is 5.97 Å². The highest BCUT2D eigenvalue weighted by molar-refractivity contribution is 6.30. The van der Waals surface area contributed by atoms with Crippen molar-refractivity contribution in [3.05, 3.63) is 47.1 Å². The number of carbonyl (C=O) groups excluding carboxylic acids is 2. The molecular formula is C14H15ClN2O4. The van der Waals surface area contributed by atoms with Crippen molar-refractivity contribution >= 4 is 23.5 Å². The van der Waals surface area contributed by atoms with Gasteiger partial charge in [0.1, 0.15) is 11.5 Å². The predicted octanol–water partition coefficient (Wildman–Crippen LogP) is 2.31. The van der Waals surface area contributed by atoms with E-state index in [1.165, 1.54) is 16.9 Å². The highest BCUT2D eigenvalue weighted by Crippen LogP contribution is 2.14. The molecule has 2 heterocycles. The van der Waals surface area contributed by atoms with E-state index in [0.717, 1.165) is 0 Å². The molecule has 0 bridgehead atoms. The first kappa shape index (κ1) is 15.2. The molecule has 2 aromatic rings. The van der Waals surface area contributed by atoms with Gasteiger partial charge in [-0.1, -0.05) is 11.6 Å². The number of aryl methyl sites for hydroxylation is 1. The van der Waals surface area contributed by atoms with Gasteiger partial charge in [-0.25, -0.2) is 4.79 Å². The van der Waals surface area contributed by atoms with Crippen LogP contribution < -0.4 is 5.32 Å². The molecule has 1 amide bonds. The second-order valence-corrected chi connectivity index (χ2v) is 4.97. The minimum atomic E-state index is -0.606. The van der Waals surface area contributed by atoms with Gasteiger partial charge in [0.05, 0.1) is 17.3 Å². The molecule has 0 radical (unpaired) electrons. The van der Waals surface area contributed by atoms with Gasteiger partial charge in [-0.05, 0) is 25.1 Å². The number of hydrogen-bond acceptors (Lipinski definition) is 4. The van der Waals surface area contributed by atoms with E-state index in [-0.39, 0.29) is 18.3 Å². The van der Waals surface area contributed by atoms with Gasteiger partial charge in [0.25, 0.3) is 5.91 Å². The second-order valence-electron chi connectivity index (χ2n) is 4.54. The van der Waals surface area contributed by atoms with Crippen LogP contribution in [0.4, 0.5) is 0 Å². The molecule has 6 nitrogen and oxygen atoms in total. The lowest BCUT2D eigenvalue weighted by Gasteiger charge is -2.11. The van der Waals surface area contributed by atoms with E-state index < -0.39 is 11.9 Å². The smallest absolute Gasteiger partial charge is 0.355 e. The Morgan fingerprint density at radius 2 is 2.29 bits per heavy atom. The summed E-state index contributed by atoms with van der Waals surface area (Å²) in [6, 6.07) is 4.67. The second kappa shape index (κ2) is 6.49. The van der Waals surface area contributed by atoms with Crippen molar-refractivity contribution < 1.29 is 18.7 Å². The number of hydrogen-bond donors (Lipinski definition) is 1. The van der Waals surface area contributed by atoms with Crippen molar-refractivity contribution in [2.45, 2.75) is 13.0 Å². The number of nitrogens with zero attached hydrogens (tertiary/aromatic N) is 1. The predicted molar refractivity (Wildman–Crippen MR) is 76.0 cm³/mol. The molecule has 1 N–H and O–H groups in total. The lowest BCUT2D eigenvalue weighted by molar-refractivity contribution is -0.125. The maximum absolute atomic E-state index is 11.8. The summed E-state index contributed by atoms with van der Waals surface area (Å²) in [7, 11) is 1.67. The van der Waals surface area contributed by atoms with E-state index in [2.05, 4.69) is 5.32 Å². The average Bonchev–Trinajstić information content (AvgIpc) is 3.05. The van der Waals surface area contributed by atoms with Crippen LogP contribution in [0.25, 0.3) is 0 Å². The van der Waals surface area contributed by atoms with Crippen LogP contribution in [0, 0.1) is 0 Å². The first-order chi connectivity index (χ1) is 9.97. The summed E-state index contributed by atoms with van der Waals surface area (Å²) < 4.78 is 11.6. The van der Waals surface area contributed by atoms with Gasteiger partial charge in [0.15, 0.2) is 6.61 Å². The maximum atomic E-state index is 11.8. The van der Waals surface area contributed by atoms with E-state index in [1.54, 1.807) is 32.3 Å². The first-order valence-electron chi connectivity index (χ1n) is 6.29. The number of aromatic nitrogens is 1. The van der Waals surface area contributed by atoms with Gasteiger partial charge in [-0.15, -0.1) is 0 Å². The molecule has 7 heteroatoms. The van der Waals surface area contributed by atoms with Crippen molar-refractivity contribution in [2.24, 2.45) is 7.05 Å². The average molecular weight is 311 g/mol. The zero-order valence-corrected chi connectivity index (χ0v) is 12.4. The minimum absolute atomic E-state index is 0.284. The molecule has 0 aromatic carbocycles. The van der Waals surface area contributed by atoms with Gasteiger partial charge in [-0.3, -0.25) is 4.79 Å². The van der Waals surface area contributed by atoms with Crippen LogP contribution in [0.5, 0.6) is 0 Å². The molecule has 0 saturated carbocycles. The molecule has 0 unspecified atom stereocenters. The van der Waals surface area contributed by atoms with Gasteiger partial charge in [0.2, 0.25) is 0 Å². The number of ether oxygens (including phenoxy) is 1. The summed E-state index contributed by atoms with van der Waals surface area (Å²) in [5, 5.41) is 3.10. The van der Waals surface area contributed by atoms with Crippen LogP contribution in [-0.4, -0.2) is 23.1 Å². The summed E-state index contributed by atoms with van der Waals surface area (Å²) in [5.41, 5.74) is 0.284. The van der Waals surface area contributed by atoms with Gasteiger partial charge in [-0.2, -0.15) is 0 Å². The Bertz CT molecular complexity index is 633. The fourth-order valence-electron chi connectivity index (χ4n) is 1.82. The normalized spacial score (nSPS) is 12.0. The summed E-state index contributed by atoms with van der Waals surface area (Å²) in [6.45, 7) is 1.40. The van der Waals surface area contributed by atoms with E-state index in [9.17, 15) is 9.59 Å². The zero-order chi connectivity index (χ0) is 15.4. The SMILES string of the molecule is C[C@@H](NC(=O)COC(=O)c1cc(Cl)cn1C)c1ccco1. The van der Waals surface area contributed by atoms with Crippen molar-refractivity contribution in [3.63, 3.8) is 0 Å². The summed E-state index contributed by atoms with van der Waals surface area (Å²) in [4.78, 5) is 23.5. The number of amides is 1.